The van der Waals surface area contributed by atoms with E-state index >= 15 is 0 Å². The fourth-order valence-electron chi connectivity index (χ4n) is 5.53. The maximum atomic E-state index is 12.9. The molecule has 5 rings (SSSR count). The molecule has 1 aromatic rings. The summed E-state index contributed by atoms with van der Waals surface area (Å²) in [6.45, 7) is 1.06. The zero-order chi connectivity index (χ0) is 23.0. The number of carbonyl (C=O) groups is 3. The minimum atomic E-state index is -0.613. The van der Waals surface area contributed by atoms with Gasteiger partial charge in [-0.3, -0.25) is 19.7 Å². The monoisotopic (exact) mass is 450 g/mol. The van der Waals surface area contributed by atoms with Gasteiger partial charge in [0.15, 0.2) is 0 Å². The molecule has 8 nitrogen and oxygen atoms in total. The number of hydrogen-bond acceptors (Lipinski definition) is 6. The van der Waals surface area contributed by atoms with Gasteiger partial charge < -0.3 is 15.0 Å². The first-order valence-corrected chi connectivity index (χ1v) is 12.1. The zero-order valence-corrected chi connectivity index (χ0v) is 18.8. The van der Waals surface area contributed by atoms with Crippen molar-refractivity contribution < 1.29 is 19.1 Å². The Morgan fingerprint density at radius 3 is 2.70 bits per heavy atom. The van der Waals surface area contributed by atoms with Crippen LogP contribution in [0.15, 0.2) is 18.2 Å². The summed E-state index contributed by atoms with van der Waals surface area (Å²) >= 11 is 0. The molecule has 174 valence electrons. The number of hydrogen-bond donors (Lipinski definition) is 2. The molecule has 3 fully saturated rings. The molecule has 2 N–H and O–H groups in total. The second kappa shape index (κ2) is 8.79. The van der Waals surface area contributed by atoms with Gasteiger partial charge in [0, 0.05) is 31.1 Å². The van der Waals surface area contributed by atoms with Crippen LogP contribution < -0.4 is 15.4 Å². The van der Waals surface area contributed by atoms with E-state index in [9.17, 15) is 19.6 Å². The minimum absolute atomic E-state index is 0.0240. The van der Waals surface area contributed by atoms with Crippen LogP contribution in [0.5, 0.6) is 5.75 Å². The summed E-state index contributed by atoms with van der Waals surface area (Å²) in [6, 6.07) is 7.62. The number of fused-ring (bicyclic) bond motifs is 1. The van der Waals surface area contributed by atoms with Crippen molar-refractivity contribution in [3.8, 4) is 11.8 Å². The summed E-state index contributed by atoms with van der Waals surface area (Å²) in [5.74, 6) is -0.138. The minimum Gasteiger partial charge on any atom is -0.489 e. The van der Waals surface area contributed by atoms with Gasteiger partial charge in [0.05, 0.1) is 11.5 Å². The van der Waals surface area contributed by atoms with Gasteiger partial charge in [0.1, 0.15) is 17.9 Å². The number of carbonyl (C=O) groups excluding carboxylic acids is 3. The Morgan fingerprint density at radius 1 is 1.15 bits per heavy atom. The lowest BCUT2D eigenvalue weighted by Gasteiger charge is -2.39. The van der Waals surface area contributed by atoms with Gasteiger partial charge >= 0.3 is 0 Å². The molecule has 0 radical (unpaired) electrons. The Morgan fingerprint density at radius 2 is 1.97 bits per heavy atom. The fourth-order valence-corrected chi connectivity index (χ4v) is 5.53. The highest BCUT2D eigenvalue weighted by Crippen LogP contribution is 2.40. The highest BCUT2D eigenvalue weighted by atomic mass is 16.5. The molecule has 2 heterocycles. The number of nitriles is 1. The Hall–Kier alpha value is -2.92. The number of amides is 3. The van der Waals surface area contributed by atoms with Crippen molar-refractivity contribution in [2.24, 2.45) is 5.41 Å². The third kappa shape index (κ3) is 4.22. The van der Waals surface area contributed by atoms with Crippen LogP contribution in [-0.2, 0) is 16.1 Å². The normalized spacial score (nSPS) is 28.5. The number of piperidine rings is 1. The van der Waals surface area contributed by atoms with Crippen molar-refractivity contribution >= 4 is 17.7 Å². The van der Waals surface area contributed by atoms with Crippen LogP contribution in [0.1, 0.15) is 73.7 Å². The molecule has 3 amide bonds. The van der Waals surface area contributed by atoms with E-state index in [0.717, 1.165) is 56.3 Å². The number of imide groups is 1. The summed E-state index contributed by atoms with van der Waals surface area (Å²) in [5, 5.41) is 15.5. The van der Waals surface area contributed by atoms with E-state index in [4.69, 9.17) is 4.74 Å². The first-order valence-electron chi connectivity index (χ1n) is 12.1. The molecule has 2 aliphatic heterocycles. The first-order chi connectivity index (χ1) is 16.0. The molecule has 1 aromatic carbocycles. The Balaban J connectivity index is 1.25. The standard InChI is InChI=1S/C25H30N4O4/c26-14-25(10-3-11-25)15-27-19-4-1-2-5-21(19)33-17-6-7-18-16(12-17)13-29(24(18)32)20-8-9-22(30)28-23(20)31/h6-7,12,19-21,27H,1-5,8-11,13,15H2,(H,28,30,31)/t19-,20?,21-/m1/s1. The molecule has 4 aliphatic rings. The van der Waals surface area contributed by atoms with E-state index in [1.165, 1.54) is 0 Å². The smallest absolute Gasteiger partial charge is 0.255 e. The van der Waals surface area contributed by atoms with Crippen molar-refractivity contribution in [2.75, 3.05) is 6.54 Å². The summed E-state index contributed by atoms with van der Waals surface area (Å²) in [7, 11) is 0. The van der Waals surface area contributed by atoms with Crippen LogP contribution >= 0.6 is 0 Å². The maximum Gasteiger partial charge on any atom is 0.255 e. The maximum absolute atomic E-state index is 12.9. The van der Waals surface area contributed by atoms with E-state index < -0.39 is 11.9 Å². The van der Waals surface area contributed by atoms with Crippen LogP contribution in [0.4, 0.5) is 0 Å². The number of benzene rings is 1. The Kier molecular flexibility index (Phi) is 5.83. The molecule has 33 heavy (non-hydrogen) atoms. The molecule has 0 spiro atoms. The predicted octanol–water partition coefficient (Wildman–Crippen LogP) is 2.42. The second-order valence-corrected chi connectivity index (χ2v) is 9.89. The highest BCUT2D eigenvalue weighted by Gasteiger charge is 2.40. The van der Waals surface area contributed by atoms with Crippen LogP contribution in [-0.4, -0.2) is 47.4 Å². The zero-order valence-electron chi connectivity index (χ0n) is 18.8. The van der Waals surface area contributed by atoms with E-state index in [2.05, 4.69) is 16.7 Å². The predicted molar refractivity (Wildman–Crippen MR) is 119 cm³/mol. The Bertz CT molecular complexity index is 1010. The van der Waals surface area contributed by atoms with Crippen molar-refractivity contribution in [1.82, 2.24) is 15.5 Å². The number of nitrogens with zero attached hydrogens (tertiary/aromatic N) is 2. The van der Waals surface area contributed by atoms with Gasteiger partial charge in [-0.2, -0.15) is 5.26 Å². The van der Waals surface area contributed by atoms with Crippen molar-refractivity contribution in [1.29, 1.82) is 5.26 Å². The van der Waals surface area contributed by atoms with Gasteiger partial charge in [-0.1, -0.05) is 12.8 Å². The molecule has 0 bridgehead atoms. The van der Waals surface area contributed by atoms with Crippen LogP contribution in [0.3, 0.4) is 0 Å². The lowest BCUT2D eigenvalue weighted by molar-refractivity contribution is -0.136. The average Bonchev–Trinajstić information content (AvgIpc) is 3.10. The SMILES string of the molecule is N#CC1(CN[C@@H]2CCCC[C@H]2Oc2ccc3c(c2)CN(C2CCC(=O)NC2=O)C3=O)CCC1. The van der Waals surface area contributed by atoms with Crippen molar-refractivity contribution in [2.45, 2.75) is 82.5 Å². The third-order valence-corrected chi connectivity index (χ3v) is 7.74. The van der Waals surface area contributed by atoms with E-state index in [0.29, 0.717) is 25.1 Å². The summed E-state index contributed by atoms with van der Waals surface area (Å²) in [6.07, 6.45) is 7.93. The number of nitrogens with one attached hydrogen (secondary N) is 2. The second-order valence-electron chi connectivity index (χ2n) is 9.89. The highest BCUT2D eigenvalue weighted by molar-refractivity contribution is 6.05. The number of rotatable bonds is 6. The van der Waals surface area contributed by atoms with Gasteiger partial charge in [0.25, 0.3) is 5.91 Å². The van der Waals surface area contributed by atoms with Crippen LogP contribution in [0.2, 0.25) is 0 Å². The summed E-state index contributed by atoms with van der Waals surface area (Å²) < 4.78 is 6.40. The molecule has 2 saturated carbocycles. The summed E-state index contributed by atoms with van der Waals surface area (Å²) in [5.41, 5.74) is 1.22. The molecule has 1 saturated heterocycles. The van der Waals surface area contributed by atoms with Crippen molar-refractivity contribution in [3.63, 3.8) is 0 Å². The van der Waals surface area contributed by atoms with E-state index in [1.54, 1.807) is 11.0 Å². The summed E-state index contributed by atoms with van der Waals surface area (Å²) in [4.78, 5) is 38.2. The molecular weight excluding hydrogens is 420 g/mol. The quantitative estimate of drug-likeness (QED) is 0.644. The first kappa shape index (κ1) is 21.9. The largest absolute Gasteiger partial charge is 0.489 e. The molecule has 0 aromatic heterocycles. The average molecular weight is 451 g/mol. The van der Waals surface area contributed by atoms with Crippen molar-refractivity contribution in [3.05, 3.63) is 29.3 Å². The van der Waals surface area contributed by atoms with Crippen LogP contribution in [0, 0.1) is 16.7 Å². The van der Waals surface area contributed by atoms with Crippen LogP contribution in [0.25, 0.3) is 0 Å². The molecule has 8 heteroatoms. The van der Waals surface area contributed by atoms with Gasteiger partial charge in [-0.05, 0) is 62.3 Å². The Labute approximate surface area is 193 Å². The van der Waals surface area contributed by atoms with Gasteiger partial charge in [0.2, 0.25) is 11.8 Å². The van der Waals surface area contributed by atoms with E-state index in [1.807, 2.05) is 12.1 Å². The molecule has 3 atom stereocenters. The topological polar surface area (TPSA) is 112 Å². The molecular formula is C25H30N4O4. The fraction of sp³-hybridized carbons (Fsp3) is 0.600. The lowest BCUT2D eigenvalue weighted by atomic mass is 9.70. The molecule has 2 aliphatic carbocycles. The molecule has 1 unspecified atom stereocenters. The van der Waals surface area contributed by atoms with Gasteiger partial charge in [-0.15, -0.1) is 0 Å². The third-order valence-electron chi connectivity index (χ3n) is 7.74. The number of ether oxygens (including phenoxy) is 1. The van der Waals surface area contributed by atoms with Gasteiger partial charge in [-0.25, -0.2) is 0 Å². The lowest BCUT2D eigenvalue weighted by Crippen LogP contribution is -2.52. The van der Waals surface area contributed by atoms with E-state index in [-0.39, 0.29) is 35.8 Å².